The van der Waals surface area contributed by atoms with Crippen LogP contribution in [0.25, 0.3) is 0 Å². The Bertz CT molecular complexity index is 768. The second-order valence-electron chi connectivity index (χ2n) is 6.26. The molecule has 1 saturated heterocycles. The Balaban J connectivity index is 1.70. The lowest BCUT2D eigenvalue weighted by Crippen LogP contribution is -2.26. The van der Waals surface area contributed by atoms with Crippen molar-refractivity contribution in [1.82, 2.24) is 10.3 Å². The average molecular weight is 339 g/mol. The Morgan fingerprint density at radius 3 is 2.67 bits per heavy atom. The Kier molecular flexibility index (Phi) is 5.00. The minimum absolute atomic E-state index is 0.0141. The Morgan fingerprint density at radius 1 is 1.25 bits per heavy atom. The van der Waals surface area contributed by atoms with Gasteiger partial charge in [0.2, 0.25) is 5.91 Å². The highest BCUT2D eigenvalue weighted by atomic mass is 32.2. The summed E-state index contributed by atoms with van der Waals surface area (Å²) in [5.74, 6) is 1.19. The minimum Gasteiger partial charge on any atom is -0.304 e. The first-order valence-corrected chi connectivity index (χ1v) is 8.97. The molecule has 5 heteroatoms. The molecule has 0 radical (unpaired) electrons. The molecule has 0 spiro atoms. The van der Waals surface area contributed by atoms with Gasteiger partial charge in [0.05, 0.1) is 5.25 Å². The highest BCUT2D eigenvalue weighted by Gasteiger charge is 2.30. The number of aryl methyl sites for hydroxylation is 1. The molecule has 3 rings (SSSR count). The number of nitrogens with zero attached hydrogens (tertiary/aromatic N) is 2. The smallest absolute Gasteiger partial charge is 0.239 e. The lowest BCUT2D eigenvalue weighted by Gasteiger charge is -2.08. The van der Waals surface area contributed by atoms with E-state index in [1.807, 2.05) is 19.1 Å². The van der Waals surface area contributed by atoms with Crippen molar-refractivity contribution in [2.45, 2.75) is 38.4 Å². The zero-order valence-corrected chi connectivity index (χ0v) is 14.9. The van der Waals surface area contributed by atoms with Crippen LogP contribution >= 0.6 is 11.8 Å². The fourth-order valence-corrected chi connectivity index (χ4v) is 3.55. The molecule has 0 bridgehead atoms. The van der Waals surface area contributed by atoms with Crippen molar-refractivity contribution >= 4 is 28.7 Å². The molecule has 1 amide bonds. The van der Waals surface area contributed by atoms with E-state index in [0.29, 0.717) is 23.3 Å². The largest absolute Gasteiger partial charge is 0.304 e. The first kappa shape index (κ1) is 16.7. The van der Waals surface area contributed by atoms with E-state index < -0.39 is 0 Å². The van der Waals surface area contributed by atoms with E-state index >= 15 is 0 Å². The van der Waals surface area contributed by atoms with Crippen molar-refractivity contribution in [1.29, 1.82) is 0 Å². The van der Waals surface area contributed by atoms with Gasteiger partial charge in [0.15, 0.2) is 11.0 Å². The van der Waals surface area contributed by atoms with Crippen LogP contribution in [0, 0.1) is 6.92 Å². The van der Waals surface area contributed by atoms with Crippen LogP contribution in [0.1, 0.15) is 36.5 Å². The SMILES string of the molecule is Cc1cccnc1/N=C1/NC(=O)C(Cc2ccc(C(C)C)cc2)S1. The van der Waals surface area contributed by atoms with Crippen LogP contribution in [0.5, 0.6) is 0 Å². The van der Waals surface area contributed by atoms with Gasteiger partial charge in [-0.3, -0.25) is 4.79 Å². The quantitative estimate of drug-likeness (QED) is 0.917. The zero-order chi connectivity index (χ0) is 17.1. The number of amidine groups is 1. The predicted octanol–water partition coefficient (Wildman–Crippen LogP) is 3.98. The van der Waals surface area contributed by atoms with E-state index in [0.717, 1.165) is 5.56 Å². The van der Waals surface area contributed by atoms with Gasteiger partial charge < -0.3 is 5.32 Å². The number of nitrogens with one attached hydrogen (secondary N) is 1. The second kappa shape index (κ2) is 7.18. The number of carbonyl (C=O) groups is 1. The fourth-order valence-electron chi connectivity index (χ4n) is 2.54. The van der Waals surface area contributed by atoms with Gasteiger partial charge in [-0.15, -0.1) is 0 Å². The van der Waals surface area contributed by atoms with Crippen LogP contribution in [-0.4, -0.2) is 21.3 Å². The summed E-state index contributed by atoms with van der Waals surface area (Å²) >= 11 is 1.48. The zero-order valence-electron chi connectivity index (χ0n) is 14.1. The van der Waals surface area contributed by atoms with E-state index in [9.17, 15) is 4.79 Å². The van der Waals surface area contributed by atoms with Gasteiger partial charge in [0, 0.05) is 6.20 Å². The topological polar surface area (TPSA) is 54.4 Å². The number of aliphatic imine (C=N–C) groups is 1. The third-order valence-corrected chi connectivity index (χ3v) is 5.12. The molecule has 1 aromatic heterocycles. The Labute approximate surface area is 146 Å². The molecule has 1 unspecified atom stereocenters. The average Bonchev–Trinajstić information content (AvgIpc) is 2.90. The van der Waals surface area contributed by atoms with E-state index in [-0.39, 0.29) is 11.2 Å². The first-order valence-electron chi connectivity index (χ1n) is 8.09. The summed E-state index contributed by atoms with van der Waals surface area (Å²) in [6.07, 6.45) is 2.41. The molecule has 24 heavy (non-hydrogen) atoms. The van der Waals surface area contributed by atoms with Crippen LogP contribution in [-0.2, 0) is 11.2 Å². The third-order valence-electron chi connectivity index (χ3n) is 4.03. The van der Waals surface area contributed by atoms with Gasteiger partial charge in [-0.1, -0.05) is 55.9 Å². The standard InChI is InChI=1S/C19H21N3OS/c1-12(2)15-8-6-14(7-9-15)11-16-18(23)22-19(24-16)21-17-13(3)5-4-10-20-17/h4-10,12,16H,11H2,1-3H3,(H,20,21,22,23). The Morgan fingerprint density at radius 2 is 2.00 bits per heavy atom. The van der Waals surface area contributed by atoms with Crippen LogP contribution in [0.3, 0.4) is 0 Å². The Hall–Kier alpha value is -2.14. The number of pyridine rings is 1. The summed E-state index contributed by atoms with van der Waals surface area (Å²) in [6.45, 7) is 6.32. The number of benzene rings is 1. The molecule has 124 valence electrons. The molecule has 2 aromatic rings. The number of rotatable bonds is 4. The van der Waals surface area contributed by atoms with Gasteiger partial charge in [-0.05, 0) is 42.0 Å². The molecular weight excluding hydrogens is 318 g/mol. The third kappa shape index (κ3) is 3.85. The molecule has 1 aliphatic heterocycles. The maximum Gasteiger partial charge on any atom is 0.239 e. The van der Waals surface area contributed by atoms with E-state index in [1.165, 1.54) is 22.9 Å². The summed E-state index contributed by atoms with van der Waals surface area (Å²) in [5, 5.41) is 3.35. The van der Waals surface area contributed by atoms with Gasteiger partial charge in [-0.25, -0.2) is 9.98 Å². The van der Waals surface area contributed by atoms with Crippen LogP contribution < -0.4 is 5.32 Å². The molecule has 4 nitrogen and oxygen atoms in total. The lowest BCUT2D eigenvalue weighted by atomic mass is 10.0. The predicted molar refractivity (Wildman–Crippen MR) is 99.8 cm³/mol. The minimum atomic E-state index is -0.141. The van der Waals surface area contributed by atoms with Gasteiger partial charge in [-0.2, -0.15) is 0 Å². The molecule has 1 N–H and O–H groups in total. The van der Waals surface area contributed by atoms with Crippen molar-refractivity contribution in [3.63, 3.8) is 0 Å². The van der Waals surface area contributed by atoms with E-state index in [4.69, 9.17) is 0 Å². The van der Waals surface area contributed by atoms with Crippen molar-refractivity contribution in [2.75, 3.05) is 0 Å². The number of carbonyl (C=O) groups excluding carboxylic acids is 1. The molecule has 0 saturated carbocycles. The fraction of sp³-hybridized carbons (Fsp3) is 0.316. The summed E-state index contributed by atoms with van der Waals surface area (Å²) in [7, 11) is 0. The summed E-state index contributed by atoms with van der Waals surface area (Å²) in [5.41, 5.74) is 3.48. The molecule has 0 aliphatic carbocycles. The van der Waals surface area contributed by atoms with Crippen molar-refractivity contribution < 1.29 is 4.79 Å². The molecule has 2 heterocycles. The van der Waals surface area contributed by atoms with Crippen molar-refractivity contribution in [2.24, 2.45) is 4.99 Å². The van der Waals surface area contributed by atoms with Crippen molar-refractivity contribution in [3.05, 3.63) is 59.3 Å². The van der Waals surface area contributed by atoms with Crippen LogP contribution in [0.2, 0.25) is 0 Å². The molecule has 1 fully saturated rings. The molecule has 1 aromatic carbocycles. The van der Waals surface area contributed by atoms with E-state index in [1.54, 1.807) is 6.20 Å². The summed E-state index contributed by atoms with van der Waals surface area (Å²) < 4.78 is 0. The number of hydrogen-bond donors (Lipinski definition) is 1. The monoisotopic (exact) mass is 339 g/mol. The molecule has 1 aliphatic rings. The second-order valence-corrected chi connectivity index (χ2v) is 7.45. The van der Waals surface area contributed by atoms with Gasteiger partial charge in [0.25, 0.3) is 0 Å². The highest BCUT2D eigenvalue weighted by Crippen LogP contribution is 2.26. The maximum atomic E-state index is 12.2. The maximum absolute atomic E-state index is 12.2. The number of thioether (sulfide) groups is 1. The molecule has 1 atom stereocenters. The lowest BCUT2D eigenvalue weighted by molar-refractivity contribution is -0.118. The number of amides is 1. The van der Waals surface area contributed by atoms with Crippen LogP contribution in [0.15, 0.2) is 47.6 Å². The van der Waals surface area contributed by atoms with E-state index in [2.05, 4.69) is 53.4 Å². The molecular formula is C19H21N3OS. The first-order chi connectivity index (χ1) is 11.5. The van der Waals surface area contributed by atoms with Gasteiger partial charge >= 0.3 is 0 Å². The highest BCUT2D eigenvalue weighted by molar-refractivity contribution is 8.15. The van der Waals surface area contributed by atoms with Gasteiger partial charge in [0.1, 0.15) is 0 Å². The summed E-state index contributed by atoms with van der Waals surface area (Å²) in [6, 6.07) is 12.3. The number of aromatic nitrogens is 1. The van der Waals surface area contributed by atoms with Crippen LogP contribution in [0.4, 0.5) is 5.82 Å². The van der Waals surface area contributed by atoms with Crippen molar-refractivity contribution in [3.8, 4) is 0 Å². The number of hydrogen-bond acceptors (Lipinski definition) is 4. The summed E-state index contributed by atoms with van der Waals surface area (Å²) in [4.78, 5) is 20.9. The normalized spacial score (nSPS) is 19.1.